The van der Waals surface area contributed by atoms with E-state index in [9.17, 15) is 4.79 Å². The monoisotopic (exact) mass is 296 g/mol. The lowest BCUT2D eigenvalue weighted by molar-refractivity contribution is 0.0697. The molecular formula is C16H12N2O2S. The summed E-state index contributed by atoms with van der Waals surface area (Å²) in [6, 6.07) is 15.9. The summed E-state index contributed by atoms with van der Waals surface area (Å²) in [7, 11) is 0. The third kappa shape index (κ3) is 2.98. The third-order valence-corrected chi connectivity index (χ3v) is 3.86. The molecule has 3 rings (SSSR count). The minimum Gasteiger partial charge on any atom is -0.478 e. The van der Waals surface area contributed by atoms with E-state index in [1.165, 1.54) is 23.5 Å². The van der Waals surface area contributed by atoms with E-state index in [1.807, 2.05) is 24.3 Å². The lowest BCUT2D eigenvalue weighted by Crippen LogP contribution is -2.02. The van der Waals surface area contributed by atoms with Gasteiger partial charge >= 0.3 is 5.97 Å². The van der Waals surface area contributed by atoms with Crippen LogP contribution in [0.15, 0.2) is 65.8 Å². The fourth-order valence-corrected chi connectivity index (χ4v) is 2.73. The second-order valence-corrected chi connectivity index (χ2v) is 5.32. The Labute approximate surface area is 126 Å². The van der Waals surface area contributed by atoms with Gasteiger partial charge in [0.2, 0.25) is 0 Å². The number of hydrogen-bond acceptors (Lipinski definition) is 4. The molecule has 3 aromatic rings. The number of nitrogens with zero attached hydrogens (tertiary/aromatic N) is 1. The Hall–Kier alpha value is -2.53. The molecule has 0 radical (unpaired) electrons. The number of hydrogen-bond donors (Lipinski definition) is 2. The van der Waals surface area contributed by atoms with E-state index in [4.69, 9.17) is 5.11 Å². The van der Waals surface area contributed by atoms with Crippen LogP contribution in [0.2, 0.25) is 0 Å². The summed E-state index contributed by atoms with van der Waals surface area (Å²) in [5, 5.41) is 11.4. The number of aromatic nitrogens is 1. The Balaban J connectivity index is 1.82. The van der Waals surface area contributed by atoms with E-state index in [1.54, 1.807) is 12.3 Å². The van der Waals surface area contributed by atoms with Crippen LogP contribution >= 0.6 is 11.9 Å². The molecular weight excluding hydrogens is 284 g/mol. The summed E-state index contributed by atoms with van der Waals surface area (Å²) in [4.78, 5) is 16.0. The second kappa shape index (κ2) is 5.85. The first-order valence-electron chi connectivity index (χ1n) is 6.33. The molecule has 5 heteroatoms. The van der Waals surface area contributed by atoms with Crippen molar-refractivity contribution < 1.29 is 9.90 Å². The Morgan fingerprint density at radius 3 is 2.71 bits per heavy atom. The van der Waals surface area contributed by atoms with E-state index in [0.717, 1.165) is 10.3 Å². The molecule has 1 heterocycles. The summed E-state index contributed by atoms with van der Waals surface area (Å²) in [6.07, 6.45) is 2.90. The number of fused-ring (bicyclic) bond motifs is 1. The minimum atomic E-state index is -0.996. The highest BCUT2D eigenvalue weighted by Gasteiger charge is 2.09. The largest absolute Gasteiger partial charge is 0.478 e. The fraction of sp³-hybridized carbons (Fsp3) is 0. The molecule has 0 aliphatic heterocycles. The van der Waals surface area contributed by atoms with Crippen molar-refractivity contribution in [3.05, 3.63) is 66.5 Å². The molecule has 104 valence electrons. The Kier molecular flexibility index (Phi) is 3.75. The highest BCUT2D eigenvalue weighted by molar-refractivity contribution is 8.00. The fourth-order valence-electron chi connectivity index (χ4n) is 2.00. The van der Waals surface area contributed by atoms with Gasteiger partial charge in [-0.05, 0) is 40.9 Å². The van der Waals surface area contributed by atoms with Crippen LogP contribution in [0.25, 0.3) is 10.8 Å². The number of carboxylic acid groups (broad SMARTS) is 1. The van der Waals surface area contributed by atoms with Crippen LogP contribution in [0.5, 0.6) is 0 Å². The van der Waals surface area contributed by atoms with Crippen LogP contribution in [-0.4, -0.2) is 16.1 Å². The summed E-state index contributed by atoms with van der Waals surface area (Å²) in [5.74, 6) is -0.996. The van der Waals surface area contributed by atoms with Crippen molar-refractivity contribution in [2.24, 2.45) is 0 Å². The van der Waals surface area contributed by atoms with Gasteiger partial charge in [0, 0.05) is 17.3 Å². The number of pyridine rings is 1. The highest BCUT2D eigenvalue weighted by Crippen LogP contribution is 2.26. The van der Waals surface area contributed by atoms with Crippen LogP contribution in [0.3, 0.4) is 0 Å². The van der Waals surface area contributed by atoms with E-state index >= 15 is 0 Å². The van der Waals surface area contributed by atoms with Gasteiger partial charge in [-0.15, -0.1) is 0 Å². The quantitative estimate of drug-likeness (QED) is 0.711. The van der Waals surface area contributed by atoms with Crippen LogP contribution in [0.4, 0.5) is 5.69 Å². The summed E-state index contributed by atoms with van der Waals surface area (Å²) >= 11 is 1.38. The molecule has 0 unspecified atom stereocenters. The third-order valence-electron chi connectivity index (χ3n) is 3.05. The number of benzene rings is 2. The van der Waals surface area contributed by atoms with Crippen molar-refractivity contribution in [2.75, 3.05) is 4.72 Å². The highest BCUT2D eigenvalue weighted by atomic mass is 32.2. The average Bonchev–Trinajstić information content (AvgIpc) is 2.53. The number of carboxylic acids is 1. The topological polar surface area (TPSA) is 62.2 Å². The van der Waals surface area contributed by atoms with Gasteiger partial charge in [0.15, 0.2) is 0 Å². The average molecular weight is 296 g/mol. The second-order valence-electron chi connectivity index (χ2n) is 4.44. The van der Waals surface area contributed by atoms with Crippen molar-refractivity contribution in [1.29, 1.82) is 0 Å². The van der Waals surface area contributed by atoms with Gasteiger partial charge in [0.1, 0.15) is 5.56 Å². The molecule has 4 nitrogen and oxygen atoms in total. The van der Waals surface area contributed by atoms with Crippen LogP contribution in [-0.2, 0) is 0 Å². The first-order valence-corrected chi connectivity index (χ1v) is 7.14. The molecule has 0 amide bonds. The van der Waals surface area contributed by atoms with Crippen LogP contribution in [0, 0.1) is 0 Å². The van der Waals surface area contributed by atoms with Gasteiger partial charge in [-0.3, -0.25) is 4.98 Å². The molecule has 21 heavy (non-hydrogen) atoms. The van der Waals surface area contributed by atoms with E-state index < -0.39 is 5.97 Å². The maximum Gasteiger partial charge on any atom is 0.339 e. The zero-order valence-electron chi connectivity index (χ0n) is 11.0. The lowest BCUT2D eigenvalue weighted by Gasteiger charge is -2.08. The smallest absolute Gasteiger partial charge is 0.339 e. The molecule has 0 aliphatic carbocycles. The maximum absolute atomic E-state index is 11.1. The Morgan fingerprint density at radius 2 is 1.90 bits per heavy atom. The normalized spacial score (nSPS) is 10.5. The van der Waals surface area contributed by atoms with Crippen molar-refractivity contribution >= 4 is 34.4 Å². The van der Waals surface area contributed by atoms with Crippen molar-refractivity contribution in [3.63, 3.8) is 0 Å². The van der Waals surface area contributed by atoms with Crippen molar-refractivity contribution in [3.8, 4) is 0 Å². The molecule has 0 atom stereocenters. The molecule has 0 saturated heterocycles. The van der Waals surface area contributed by atoms with Crippen molar-refractivity contribution in [2.45, 2.75) is 4.90 Å². The van der Waals surface area contributed by atoms with Gasteiger partial charge in [0.05, 0.1) is 5.69 Å². The van der Waals surface area contributed by atoms with E-state index in [-0.39, 0.29) is 5.56 Å². The first kappa shape index (κ1) is 13.5. The van der Waals surface area contributed by atoms with E-state index in [0.29, 0.717) is 5.69 Å². The summed E-state index contributed by atoms with van der Waals surface area (Å²) < 4.78 is 3.07. The van der Waals surface area contributed by atoms with Crippen LogP contribution in [0.1, 0.15) is 10.4 Å². The zero-order chi connectivity index (χ0) is 14.7. The molecule has 0 aliphatic rings. The number of anilines is 1. The Morgan fingerprint density at radius 1 is 1.10 bits per heavy atom. The molecule has 2 aromatic carbocycles. The number of carbonyl (C=O) groups is 1. The standard InChI is InChI=1S/C16H12N2O2S/c19-16(20)14-10-17-8-7-15(14)18-21-13-6-5-11-3-1-2-4-12(11)9-13/h1-10H,(H,17,18)(H,19,20). The predicted molar refractivity (Wildman–Crippen MR) is 84.6 cm³/mol. The molecule has 2 N–H and O–H groups in total. The van der Waals surface area contributed by atoms with Gasteiger partial charge in [-0.25, -0.2) is 4.79 Å². The Bertz CT molecular complexity index is 805. The van der Waals surface area contributed by atoms with Gasteiger partial charge in [0.25, 0.3) is 0 Å². The van der Waals surface area contributed by atoms with Crippen molar-refractivity contribution in [1.82, 2.24) is 4.98 Å². The molecule has 0 spiro atoms. The SMILES string of the molecule is O=C(O)c1cnccc1NSc1ccc2ccccc2c1. The molecule has 0 bridgehead atoms. The number of rotatable bonds is 4. The van der Waals surface area contributed by atoms with Gasteiger partial charge in [-0.2, -0.15) is 0 Å². The molecule has 0 saturated carbocycles. The zero-order valence-corrected chi connectivity index (χ0v) is 11.8. The minimum absolute atomic E-state index is 0.158. The van der Waals surface area contributed by atoms with E-state index in [2.05, 4.69) is 27.9 Å². The molecule has 1 aromatic heterocycles. The van der Waals surface area contributed by atoms with Gasteiger partial charge < -0.3 is 9.83 Å². The summed E-state index contributed by atoms with van der Waals surface area (Å²) in [5.41, 5.74) is 0.696. The number of nitrogens with one attached hydrogen (secondary N) is 1. The first-order chi connectivity index (χ1) is 10.2. The maximum atomic E-state index is 11.1. The predicted octanol–water partition coefficient (Wildman–Crippen LogP) is 4.05. The number of aromatic carboxylic acids is 1. The summed E-state index contributed by atoms with van der Waals surface area (Å²) in [6.45, 7) is 0. The molecule has 0 fully saturated rings. The van der Waals surface area contributed by atoms with Crippen LogP contribution < -0.4 is 4.72 Å². The van der Waals surface area contributed by atoms with Gasteiger partial charge in [-0.1, -0.05) is 30.3 Å². The lowest BCUT2D eigenvalue weighted by atomic mass is 10.1.